The molecule has 0 saturated heterocycles. The van der Waals surface area contributed by atoms with Crippen LogP contribution in [0.4, 0.5) is 10.1 Å². The van der Waals surface area contributed by atoms with Gasteiger partial charge in [0, 0.05) is 18.2 Å². The number of hydrogen-bond donors (Lipinski definition) is 1. The molecule has 0 spiro atoms. The molecule has 2 aromatic rings. The zero-order valence-electron chi connectivity index (χ0n) is 13.9. The van der Waals surface area contributed by atoms with E-state index in [0.29, 0.717) is 30.4 Å². The molecule has 1 aliphatic carbocycles. The Morgan fingerprint density at radius 2 is 1.80 bits per heavy atom. The van der Waals surface area contributed by atoms with E-state index in [2.05, 4.69) is 5.32 Å². The number of carbonyl (C=O) groups is 1. The van der Waals surface area contributed by atoms with Gasteiger partial charge in [-0.25, -0.2) is 4.39 Å². The molecule has 1 heterocycles. The van der Waals surface area contributed by atoms with Crippen molar-refractivity contribution in [3.63, 3.8) is 0 Å². The second kappa shape index (κ2) is 6.39. The Morgan fingerprint density at radius 3 is 2.52 bits per heavy atom. The lowest BCUT2D eigenvalue weighted by Gasteiger charge is -2.40. The van der Waals surface area contributed by atoms with E-state index in [1.165, 1.54) is 12.1 Å². The van der Waals surface area contributed by atoms with Gasteiger partial charge in [-0.05, 0) is 42.7 Å². The van der Waals surface area contributed by atoms with Crippen molar-refractivity contribution in [1.82, 2.24) is 0 Å². The summed E-state index contributed by atoms with van der Waals surface area (Å²) in [6.07, 6.45) is 3.25. The summed E-state index contributed by atoms with van der Waals surface area (Å²) in [7, 11) is 0. The molecule has 4 nitrogen and oxygen atoms in total. The van der Waals surface area contributed by atoms with E-state index in [-0.39, 0.29) is 11.7 Å². The highest BCUT2D eigenvalue weighted by molar-refractivity contribution is 6.00. The smallest absolute Gasteiger partial charge is 0.235 e. The fraction of sp³-hybridized carbons (Fsp3) is 0.350. The third-order valence-corrected chi connectivity index (χ3v) is 5.02. The topological polar surface area (TPSA) is 47.6 Å². The summed E-state index contributed by atoms with van der Waals surface area (Å²) < 4.78 is 24.9. The molecular formula is C20H20FNO3. The molecule has 2 aromatic carbocycles. The highest BCUT2D eigenvalue weighted by Crippen LogP contribution is 2.45. The molecule has 130 valence electrons. The van der Waals surface area contributed by atoms with E-state index in [9.17, 15) is 9.18 Å². The van der Waals surface area contributed by atoms with E-state index in [1.54, 1.807) is 12.1 Å². The van der Waals surface area contributed by atoms with E-state index in [4.69, 9.17) is 9.47 Å². The zero-order chi connectivity index (χ0) is 17.3. The number of ether oxygens (including phenoxy) is 2. The summed E-state index contributed by atoms with van der Waals surface area (Å²) in [5.74, 6) is 0.925. The average Bonchev–Trinajstić information content (AvgIpc) is 2.79. The van der Waals surface area contributed by atoms with Crippen molar-refractivity contribution in [3.8, 4) is 11.5 Å². The van der Waals surface area contributed by atoms with Gasteiger partial charge < -0.3 is 14.8 Å². The first-order valence-corrected chi connectivity index (χ1v) is 8.65. The zero-order valence-corrected chi connectivity index (χ0v) is 13.9. The Labute approximate surface area is 146 Å². The molecule has 5 heteroatoms. The minimum absolute atomic E-state index is 0.0983. The quantitative estimate of drug-likeness (QED) is 0.916. The summed E-state index contributed by atoms with van der Waals surface area (Å²) in [6, 6.07) is 11.8. The van der Waals surface area contributed by atoms with Crippen LogP contribution >= 0.6 is 0 Å². The molecule has 25 heavy (non-hydrogen) atoms. The van der Waals surface area contributed by atoms with Gasteiger partial charge in [-0.1, -0.05) is 18.6 Å². The predicted octanol–water partition coefficient (Wildman–Crippen LogP) is 4.05. The van der Waals surface area contributed by atoms with Crippen LogP contribution in [-0.2, 0) is 10.2 Å². The molecule has 0 bridgehead atoms. The second-order valence-corrected chi connectivity index (χ2v) is 6.61. The fourth-order valence-electron chi connectivity index (χ4n) is 3.46. The Bertz CT molecular complexity index is 801. The van der Waals surface area contributed by atoms with Crippen molar-refractivity contribution in [1.29, 1.82) is 0 Å². The lowest BCUT2D eigenvalue weighted by molar-refractivity contribution is -0.124. The molecule has 1 fully saturated rings. The van der Waals surface area contributed by atoms with Crippen molar-refractivity contribution in [2.24, 2.45) is 0 Å². The summed E-state index contributed by atoms with van der Waals surface area (Å²) in [4.78, 5) is 13.0. The van der Waals surface area contributed by atoms with E-state index in [1.807, 2.05) is 18.2 Å². The number of benzene rings is 2. The summed E-state index contributed by atoms with van der Waals surface area (Å²) >= 11 is 0. The van der Waals surface area contributed by atoms with Gasteiger partial charge in [-0.3, -0.25) is 4.79 Å². The molecule has 4 rings (SSSR count). The van der Waals surface area contributed by atoms with Crippen LogP contribution in [0.25, 0.3) is 0 Å². The highest BCUT2D eigenvalue weighted by atomic mass is 19.1. The maximum Gasteiger partial charge on any atom is 0.235 e. The van der Waals surface area contributed by atoms with E-state index >= 15 is 0 Å². The highest BCUT2D eigenvalue weighted by Gasteiger charge is 2.45. The van der Waals surface area contributed by atoms with Gasteiger partial charge in [0.15, 0.2) is 11.5 Å². The Morgan fingerprint density at radius 1 is 1.00 bits per heavy atom. The van der Waals surface area contributed by atoms with Gasteiger partial charge in [0.05, 0.1) is 18.6 Å². The fourth-order valence-corrected chi connectivity index (χ4v) is 3.46. The van der Waals surface area contributed by atoms with Crippen LogP contribution < -0.4 is 14.8 Å². The maximum atomic E-state index is 13.6. The minimum atomic E-state index is -0.647. The van der Waals surface area contributed by atoms with Gasteiger partial charge in [0.2, 0.25) is 5.91 Å². The summed E-state index contributed by atoms with van der Waals surface area (Å²) in [5, 5.41) is 2.98. The van der Waals surface area contributed by atoms with Crippen LogP contribution in [0.5, 0.6) is 11.5 Å². The molecule has 0 aromatic heterocycles. The number of carbonyl (C=O) groups excluding carboxylic acids is 1. The molecule has 1 amide bonds. The summed E-state index contributed by atoms with van der Waals surface area (Å²) in [6.45, 7) is 1.22. The number of nitrogens with one attached hydrogen (secondary N) is 1. The molecule has 1 N–H and O–H groups in total. The van der Waals surface area contributed by atoms with E-state index in [0.717, 1.165) is 31.2 Å². The van der Waals surface area contributed by atoms with E-state index < -0.39 is 5.41 Å². The van der Waals surface area contributed by atoms with Gasteiger partial charge in [0.25, 0.3) is 0 Å². The first kappa shape index (κ1) is 15.9. The van der Waals surface area contributed by atoms with Crippen LogP contribution in [-0.4, -0.2) is 19.1 Å². The number of hydrogen-bond acceptors (Lipinski definition) is 3. The number of halogens is 1. The Hall–Kier alpha value is -2.56. The molecule has 0 atom stereocenters. The molecular weight excluding hydrogens is 321 g/mol. The molecule has 1 saturated carbocycles. The lowest BCUT2D eigenvalue weighted by atomic mass is 9.63. The van der Waals surface area contributed by atoms with Crippen LogP contribution in [0.3, 0.4) is 0 Å². The van der Waals surface area contributed by atoms with Gasteiger partial charge in [-0.2, -0.15) is 0 Å². The Kier molecular flexibility index (Phi) is 4.07. The monoisotopic (exact) mass is 341 g/mol. The van der Waals surface area contributed by atoms with Crippen molar-refractivity contribution >= 4 is 11.6 Å². The van der Waals surface area contributed by atoms with Crippen LogP contribution in [0.15, 0.2) is 42.5 Å². The first-order valence-electron chi connectivity index (χ1n) is 8.65. The van der Waals surface area contributed by atoms with Crippen molar-refractivity contribution < 1.29 is 18.7 Å². The van der Waals surface area contributed by atoms with Crippen LogP contribution in [0.2, 0.25) is 0 Å². The number of rotatable bonds is 3. The van der Waals surface area contributed by atoms with Crippen LogP contribution in [0.1, 0.15) is 31.2 Å². The number of anilines is 1. The van der Waals surface area contributed by atoms with Crippen LogP contribution in [0, 0.1) is 5.82 Å². The number of amides is 1. The third kappa shape index (κ3) is 2.95. The van der Waals surface area contributed by atoms with Crippen molar-refractivity contribution in [3.05, 3.63) is 53.8 Å². The molecule has 2 aliphatic rings. The Balaban J connectivity index is 1.58. The third-order valence-electron chi connectivity index (χ3n) is 5.02. The first-order chi connectivity index (χ1) is 12.2. The SMILES string of the molecule is O=C(Nc1ccc2c(c1)OCCCO2)C1(c2cccc(F)c2)CCC1. The minimum Gasteiger partial charge on any atom is -0.490 e. The second-order valence-electron chi connectivity index (χ2n) is 6.61. The van der Waals surface area contributed by atoms with Gasteiger partial charge in [-0.15, -0.1) is 0 Å². The normalized spacial score (nSPS) is 18.0. The average molecular weight is 341 g/mol. The largest absolute Gasteiger partial charge is 0.490 e. The molecule has 0 radical (unpaired) electrons. The van der Waals surface area contributed by atoms with Gasteiger partial charge in [0.1, 0.15) is 5.82 Å². The molecule has 1 aliphatic heterocycles. The number of fused-ring (bicyclic) bond motifs is 1. The van der Waals surface area contributed by atoms with Gasteiger partial charge >= 0.3 is 0 Å². The van der Waals surface area contributed by atoms with Crippen molar-refractivity contribution in [2.75, 3.05) is 18.5 Å². The standard InChI is InChI=1S/C20H20FNO3/c21-15-5-1-4-14(12-15)20(8-2-9-20)19(23)22-16-6-7-17-18(13-16)25-11-3-10-24-17/h1,4-7,12-13H,2-3,8-11H2,(H,22,23). The lowest BCUT2D eigenvalue weighted by Crippen LogP contribution is -2.46. The molecule has 0 unspecified atom stereocenters. The summed E-state index contributed by atoms with van der Waals surface area (Å²) in [5.41, 5.74) is 0.759. The van der Waals surface area contributed by atoms with Crippen molar-refractivity contribution in [2.45, 2.75) is 31.1 Å². The maximum absolute atomic E-state index is 13.6. The predicted molar refractivity (Wildman–Crippen MR) is 92.6 cm³/mol.